The first-order valence-electron chi connectivity index (χ1n) is 4.17. The molecule has 76 valence electrons. The minimum atomic E-state index is -1.11. The summed E-state index contributed by atoms with van der Waals surface area (Å²) in [5.74, 6) is -0.897. The van der Waals surface area contributed by atoms with Crippen molar-refractivity contribution in [2.45, 2.75) is 17.2 Å². The standard InChI is InChI=1S/C10H10Cl2O2/c11-10(12,7-6-9(13)14)8-4-2-1-3-5-8/h1-5H,6-7H2,(H,13,14). The average Bonchev–Trinajstić information content (AvgIpc) is 2.16. The van der Waals surface area contributed by atoms with Crippen LogP contribution < -0.4 is 0 Å². The molecule has 0 unspecified atom stereocenters. The number of carboxylic acids is 1. The number of hydrogen-bond acceptors (Lipinski definition) is 1. The van der Waals surface area contributed by atoms with Crippen molar-refractivity contribution in [1.82, 2.24) is 0 Å². The molecule has 4 heteroatoms. The van der Waals surface area contributed by atoms with E-state index in [1.54, 1.807) is 12.1 Å². The highest BCUT2D eigenvalue weighted by atomic mass is 35.5. The molecule has 0 aliphatic rings. The summed E-state index contributed by atoms with van der Waals surface area (Å²) in [5.41, 5.74) is 0.726. The molecular weight excluding hydrogens is 223 g/mol. The van der Waals surface area contributed by atoms with Crippen molar-refractivity contribution < 1.29 is 9.90 Å². The second-order valence-corrected chi connectivity index (χ2v) is 4.45. The number of benzene rings is 1. The Balaban J connectivity index is 2.70. The molecule has 0 bridgehead atoms. The van der Waals surface area contributed by atoms with E-state index in [0.29, 0.717) is 0 Å². The van der Waals surface area contributed by atoms with Crippen molar-refractivity contribution >= 4 is 29.2 Å². The Kier molecular flexibility index (Phi) is 3.78. The van der Waals surface area contributed by atoms with E-state index in [1.165, 1.54) is 0 Å². The highest BCUT2D eigenvalue weighted by Gasteiger charge is 2.26. The van der Waals surface area contributed by atoms with E-state index < -0.39 is 10.3 Å². The number of halogens is 2. The molecule has 2 nitrogen and oxygen atoms in total. The molecule has 0 heterocycles. The molecular formula is C10H10Cl2O2. The van der Waals surface area contributed by atoms with Gasteiger partial charge in [0, 0.05) is 6.42 Å². The molecule has 1 N–H and O–H groups in total. The molecule has 0 radical (unpaired) electrons. The third-order valence-electron chi connectivity index (χ3n) is 1.85. The summed E-state index contributed by atoms with van der Waals surface area (Å²) in [6, 6.07) is 9.04. The third kappa shape index (κ3) is 3.20. The zero-order chi connectivity index (χ0) is 10.6. The third-order valence-corrected chi connectivity index (χ3v) is 2.66. The number of alkyl halides is 2. The van der Waals surface area contributed by atoms with Gasteiger partial charge < -0.3 is 5.11 Å². The maximum Gasteiger partial charge on any atom is 0.303 e. The maximum atomic E-state index is 10.4. The summed E-state index contributed by atoms with van der Waals surface area (Å²) < 4.78 is -1.11. The van der Waals surface area contributed by atoms with Crippen LogP contribution >= 0.6 is 23.2 Å². The quantitative estimate of drug-likeness (QED) is 0.811. The van der Waals surface area contributed by atoms with Gasteiger partial charge in [-0.3, -0.25) is 4.79 Å². The van der Waals surface area contributed by atoms with Crippen LogP contribution in [-0.2, 0) is 9.13 Å². The van der Waals surface area contributed by atoms with Gasteiger partial charge in [-0.15, -0.1) is 0 Å². The van der Waals surface area contributed by atoms with Crippen LogP contribution in [0.2, 0.25) is 0 Å². The zero-order valence-corrected chi connectivity index (χ0v) is 8.92. The van der Waals surface area contributed by atoms with E-state index >= 15 is 0 Å². The Bertz CT molecular complexity index is 309. The van der Waals surface area contributed by atoms with E-state index in [4.69, 9.17) is 28.3 Å². The van der Waals surface area contributed by atoms with E-state index in [0.717, 1.165) is 5.56 Å². The highest BCUT2D eigenvalue weighted by Crippen LogP contribution is 2.38. The van der Waals surface area contributed by atoms with Crippen LogP contribution in [0.3, 0.4) is 0 Å². The number of aliphatic carboxylic acids is 1. The molecule has 0 saturated heterocycles. The van der Waals surface area contributed by atoms with Crippen LogP contribution in [0.15, 0.2) is 30.3 Å². The molecule has 1 rings (SSSR count). The molecule has 14 heavy (non-hydrogen) atoms. The van der Waals surface area contributed by atoms with Crippen LogP contribution in [0, 0.1) is 0 Å². The van der Waals surface area contributed by atoms with Gasteiger partial charge in [-0.2, -0.15) is 0 Å². The fraction of sp³-hybridized carbons (Fsp3) is 0.300. The fourth-order valence-corrected chi connectivity index (χ4v) is 1.53. The Morgan fingerprint density at radius 1 is 1.29 bits per heavy atom. The van der Waals surface area contributed by atoms with Crippen LogP contribution in [-0.4, -0.2) is 11.1 Å². The van der Waals surface area contributed by atoms with Crippen molar-refractivity contribution in [3.8, 4) is 0 Å². The average molecular weight is 233 g/mol. The lowest BCUT2D eigenvalue weighted by molar-refractivity contribution is -0.137. The molecule has 1 aromatic rings. The molecule has 0 spiro atoms. The second kappa shape index (κ2) is 4.67. The highest BCUT2D eigenvalue weighted by molar-refractivity contribution is 6.48. The molecule has 1 aromatic carbocycles. The lowest BCUT2D eigenvalue weighted by Gasteiger charge is -2.18. The van der Waals surface area contributed by atoms with Gasteiger partial charge in [0.1, 0.15) is 4.33 Å². The molecule has 0 fully saturated rings. The number of rotatable bonds is 4. The zero-order valence-electron chi connectivity index (χ0n) is 7.41. The van der Waals surface area contributed by atoms with Gasteiger partial charge in [-0.1, -0.05) is 53.5 Å². The van der Waals surface area contributed by atoms with Gasteiger partial charge >= 0.3 is 5.97 Å². The SMILES string of the molecule is O=C(O)CCC(Cl)(Cl)c1ccccc1. The Hall–Kier alpha value is -0.730. The van der Waals surface area contributed by atoms with E-state index in [1.807, 2.05) is 18.2 Å². The summed E-state index contributed by atoms with van der Waals surface area (Å²) in [6.07, 6.45) is 0.164. The molecule has 0 atom stereocenters. The lowest BCUT2D eigenvalue weighted by Crippen LogP contribution is -2.12. The molecule has 0 saturated carbocycles. The number of hydrogen-bond donors (Lipinski definition) is 1. The van der Waals surface area contributed by atoms with Gasteiger partial charge in [0.05, 0.1) is 0 Å². The first-order valence-corrected chi connectivity index (χ1v) is 4.93. The van der Waals surface area contributed by atoms with Crippen molar-refractivity contribution in [2.75, 3.05) is 0 Å². The van der Waals surface area contributed by atoms with E-state index in [2.05, 4.69) is 0 Å². The van der Waals surface area contributed by atoms with Crippen LogP contribution in [0.4, 0.5) is 0 Å². The minimum absolute atomic E-state index is 0.0398. The number of carbonyl (C=O) groups is 1. The summed E-state index contributed by atoms with van der Waals surface area (Å²) in [4.78, 5) is 10.4. The fourth-order valence-electron chi connectivity index (χ4n) is 1.09. The summed E-state index contributed by atoms with van der Waals surface area (Å²) >= 11 is 12.0. The molecule has 0 aliphatic heterocycles. The summed E-state index contributed by atoms with van der Waals surface area (Å²) in [6.45, 7) is 0. The minimum Gasteiger partial charge on any atom is -0.481 e. The van der Waals surface area contributed by atoms with Gasteiger partial charge in [0.15, 0.2) is 0 Å². The predicted molar refractivity (Wildman–Crippen MR) is 56.7 cm³/mol. The summed E-state index contributed by atoms with van der Waals surface area (Å²) in [5, 5.41) is 8.51. The Morgan fingerprint density at radius 3 is 2.36 bits per heavy atom. The van der Waals surface area contributed by atoms with Crippen molar-refractivity contribution in [3.05, 3.63) is 35.9 Å². The van der Waals surface area contributed by atoms with Crippen LogP contribution in [0.25, 0.3) is 0 Å². The lowest BCUT2D eigenvalue weighted by atomic mass is 10.1. The van der Waals surface area contributed by atoms with Crippen molar-refractivity contribution in [3.63, 3.8) is 0 Å². The number of carboxylic acid groups (broad SMARTS) is 1. The van der Waals surface area contributed by atoms with E-state index in [9.17, 15) is 4.79 Å². The second-order valence-electron chi connectivity index (χ2n) is 2.96. The van der Waals surface area contributed by atoms with Crippen LogP contribution in [0.5, 0.6) is 0 Å². The maximum absolute atomic E-state index is 10.4. The van der Waals surface area contributed by atoms with E-state index in [-0.39, 0.29) is 12.8 Å². The first-order chi connectivity index (χ1) is 6.52. The van der Waals surface area contributed by atoms with Gasteiger partial charge in [0.2, 0.25) is 0 Å². The molecule has 0 aliphatic carbocycles. The summed E-state index contributed by atoms with van der Waals surface area (Å²) in [7, 11) is 0. The topological polar surface area (TPSA) is 37.3 Å². The molecule has 0 amide bonds. The Labute approximate surface area is 92.5 Å². The van der Waals surface area contributed by atoms with Crippen molar-refractivity contribution in [2.24, 2.45) is 0 Å². The first kappa shape index (κ1) is 11.3. The monoisotopic (exact) mass is 232 g/mol. The van der Waals surface area contributed by atoms with Crippen molar-refractivity contribution in [1.29, 1.82) is 0 Å². The van der Waals surface area contributed by atoms with Gasteiger partial charge in [-0.05, 0) is 12.0 Å². The molecule has 0 aromatic heterocycles. The Morgan fingerprint density at radius 2 is 1.86 bits per heavy atom. The van der Waals surface area contributed by atoms with Gasteiger partial charge in [0.25, 0.3) is 0 Å². The predicted octanol–water partition coefficient (Wildman–Crippen LogP) is 3.18. The smallest absolute Gasteiger partial charge is 0.303 e. The largest absolute Gasteiger partial charge is 0.481 e. The normalized spacial score (nSPS) is 11.3. The van der Waals surface area contributed by atoms with Gasteiger partial charge in [-0.25, -0.2) is 0 Å². The van der Waals surface area contributed by atoms with Crippen LogP contribution in [0.1, 0.15) is 18.4 Å².